The number of benzene rings is 3. The van der Waals surface area contributed by atoms with Gasteiger partial charge in [0.2, 0.25) is 0 Å². The first kappa shape index (κ1) is 29.9. The Kier molecular flexibility index (Phi) is 7.98. The molecule has 1 N–H and O–H groups in total. The van der Waals surface area contributed by atoms with Crippen molar-refractivity contribution in [2.45, 2.75) is 51.4 Å². The van der Waals surface area contributed by atoms with Crippen LogP contribution in [0.15, 0.2) is 59.5 Å². The van der Waals surface area contributed by atoms with Gasteiger partial charge in [0.05, 0.1) is 19.1 Å². The molecule has 0 bridgehead atoms. The van der Waals surface area contributed by atoms with Gasteiger partial charge >= 0.3 is 5.97 Å². The zero-order chi connectivity index (χ0) is 30.4. The predicted octanol–water partition coefficient (Wildman–Crippen LogP) is 7.67. The Bertz CT molecular complexity index is 1620. The lowest BCUT2D eigenvalue weighted by Crippen LogP contribution is -2.33. The molecule has 0 radical (unpaired) electrons. The third-order valence-corrected chi connectivity index (χ3v) is 9.73. The number of thiocarbonyl (C=S) groups is 1. The third kappa shape index (κ3) is 5.45. The van der Waals surface area contributed by atoms with Crippen molar-refractivity contribution in [3.05, 3.63) is 76.2 Å². The fourth-order valence-electron chi connectivity index (χ4n) is 5.87. The average Bonchev–Trinajstić information content (AvgIpc) is 3.21. The van der Waals surface area contributed by atoms with Crippen molar-refractivity contribution in [1.29, 1.82) is 0 Å². The van der Waals surface area contributed by atoms with Crippen LogP contribution in [0.25, 0.3) is 28.3 Å². The lowest BCUT2D eigenvalue weighted by Gasteiger charge is -2.42. The molecule has 0 aromatic heterocycles. The second-order valence-corrected chi connectivity index (χ2v) is 13.7. The smallest absolute Gasteiger partial charge is 0.323 e. The number of hydrogen-bond acceptors (Lipinski definition) is 6. The van der Waals surface area contributed by atoms with Gasteiger partial charge in [0, 0.05) is 11.1 Å². The molecule has 0 atom stereocenters. The number of ether oxygens (including phenoxy) is 2. The van der Waals surface area contributed by atoms with Crippen molar-refractivity contribution in [3.8, 4) is 33.8 Å². The van der Waals surface area contributed by atoms with E-state index in [0.717, 1.165) is 63.1 Å². The minimum absolute atomic E-state index is 0.00107. The van der Waals surface area contributed by atoms with Crippen LogP contribution in [0.5, 0.6) is 11.5 Å². The van der Waals surface area contributed by atoms with Crippen molar-refractivity contribution in [3.63, 3.8) is 0 Å². The highest BCUT2D eigenvalue weighted by atomic mass is 32.2. The molecule has 42 heavy (non-hydrogen) atoms. The fourth-order valence-corrected chi connectivity index (χ4v) is 7.11. The van der Waals surface area contributed by atoms with E-state index in [9.17, 15) is 14.7 Å². The number of thioether (sulfide) groups is 1. The average molecular weight is 602 g/mol. The van der Waals surface area contributed by atoms with Crippen LogP contribution in [0.2, 0.25) is 0 Å². The van der Waals surface area contributed by atoms with E-state index >= 15 is 0 Å². The number of carboxylic acids is 1. The SMILES string of the molecule is COc1cc2c(cc1-c1c(/C=C3\SC(=S)N(CC(=O)O)C3=O)cc(-c3ccccc3)cc1OC)C(C)(C)CCC2(C)C. The molecular weight excluding hydrogens is 567 g/mol. The second-order valence-electron chi connectivity index (χ2n) is 12.0. The van der Waals surface area contributed by atoms with Crippen LogP contribution in [-0.2, 0) is 20.4 Å². The molecule has 3 aromatic carbocycles. The molecule has 0 unspecified atom stereocenters. The van der Waals surface area contributed by atoms with Crippen molar-refractivity contribution in [2.75, 3.05) is 20.8 Å². The minimum Gasteiger partial charge on any atom is -0.496 e. The monoisotopic (exact) mass is 601 g/mol. The van der Waals surface area contributed by atoms with Crippen molar-refractivity contribution in [1.82, 2.24) is 4.90 Å². The Morgan fingerprint density at radius 3 is 2.17 bits per heavy atom. The summed E-state index contributed by atoms with van der Waals surface area (Å²) in [4.78, 5) is 26.2. The summed E-state index contributed by atoms with van der Waals surface area (Å²) in [6, 6.07) is 18.4. The first-order chi connectivity index (χ1) is 19.9. The fraction of sp³-hybridized carbons (Fsp3) is 0.324. The maximum atomic E-state index is 13.3. The van der Waals surface area contributed by atoms with Crippen molar-refractivity contribution < 1.29 is 24.2 Å². The van der Waals surface area contributed by atoms with Gasteiger partial charge in [0.25, 0.3) is 5.91 Å². The first-order valence-electron chi connectivity index (χ1n) is 13.8. The molecule has 1 aliphatic heterocycles. The Labute approximate surface area is 256 Å². The van der Waals surface area contributed by atoms with Crippen LogP contribution in [0, 0.1) is 0 Å². The summed E-state index contributed by atoms with van der Waals surface area (Å²) in [5, 5.41) is 9.33. The van der Waals surface area contributed by atoms with E-state index in [1.807, 2.05) is 42.5 Å². The number of aliphatic carboxylic acids is 1. The zero-order valence-corrected chi connectivity index (χ0v) is 26.4. The Hall–Kier alpha value is -3.62. The zero-order valence-electron chi connectivity index (χ0n) is 24.7. The molecule has 0 spiro atoms. The quantitative estimate of drug-likeness (QED) is 0.220. The van der Waals surface area contributed by atoms with Crippen LogP contribution in [-0.4, -0.2) is 47.0 Å². The summed E-state index contributed by atoms with van der Waals surface area (Å²) in [6.07, 6.45) is 3.93. The topological polar surface area (TPSA) is 76.1 Å². The van der Waals surface area contributed by atoms with Gasteiger partial charge in [-0.3, -0.25) is 14.5 Å². The number of carbonyl (C=O) groups excluding carboxylic acids is 1. The van der Waals surface area contributed by atoms with E-state index in [-0.39, 0.29) is 15.2 Å². The number of methoxy groups -OCH3 is 2. The highest BCUT2D eigenvalue weighted by molar-refractivity contribution is 8.26. The molecule has 0 saturated carbocycles. The lowest BCUT2D eigenvalue weighted by molar-refractivity contribution is -0.140. The Balaban J connectivity index is 1.79. The highest BCUT2D eigenvalue weighted by Gasteiger charge is 2.39. The number of nitrogens with zero attached hydrogens (tertiary/aromatic N) is 1. The van der Waals surface area contributed by atoms with Gasteiger partial charge < -0.3 is 14.6 Å². The normalized spacial score (nSPS) is 18.2. The van der Waals surface area contributed by atoms with Crippen molar-refractivity contribution in [2.24, 2.45) is 0 Å². The molecule has 1 saturated heterocycles. The molecule has 1 amide bonds. The molecule has 218 valence electrons. The van der Waals surface area contributed by atoms with Crippen LogP contribution in [0.1, 0.15) is 57.2 Å². The van der Waals surface area contributed by atoms with E-state index < -0.39 is 18.4 Å². The van der Waals surface area contributed by atoms with Gasteiger partial charge in [-0.1, -0.05) is 82.0 Å². The van der Waals surface area contributed by atoms with E-state index in [0.29, 0.717) is 10.7 Å². The second kappa shape index (κ2) is 11.2. The maximum absolute atomic E-state index is 13.3. The Morgan fingerprint density at radius 1 is 0.952 bits per heavy atom. The van der Waals surface area contributed by atoms with Crippen LogP contribution in [0.4, 0.5) is 0 Å². The molecule has 6 nitrogen and oxygen atoms in total. The molecule has 1 heterocycles. The number of fused-ring (bicyclic) bond motifs is 1. The van der Waals surface area contributed by atoms with Gasteiger partial charge in [-0.2, -0.15) is 0 Å². The number of rotatable bonds is 7. The minimum atomic E-state index is -1.12. The molecule has 8 heteroatoms. The van der Waals surface area contributed by atoms with Gasteiger partial charge in [0.15, 0.2) is 0 Å². The lowest BCUT2D eigenvalue weighted by atomic mass is 9.62. The standard InChI is InChI=1S/C34H35NO5S2/c1-33(2)12-13-34(3,4)25-18-26(39-5)23(17-24(25)33)30-22(16-28-31(38)35(19-29(36)37)32(41)42-28)14-21(15-27(30)40-6)20-10-8-7-9-11-20/h7-11,14-18H,12-13,19H2,1-6H3,(H,36,37)/b28-16-. The van der Waals surface area contributed by atoms with Crippen LogP contribution in [0.3, 0.4) is 0 Å². The summed E-state index contributed by atoms with van der Waals surface area (Å²) in [5.74, 6) is -0.193. The number of amides is 1. The van der Waals surface area contributed by atoms with E-state index in [1.165, 1.54) is 11.1 Å². The summed E-state index contributed by atoms with van der Waals surface area (Å²) < 4.78 is 12.3. The first-order valence-corrected chi connectivity index (χ1v) is 15.1. The summed E-state index contributed by atoms with van der Waals surface area (Å²) in [5.41, 5.74) is 6.82. The van der Waals surface area contributed by atoms with Crippen LogP contribution < -0.4 is 9.47 Å². The Morgan fingerprint density at radius 2 is 1.57 bits per heavy atom. The molecule has 1 fully saturated rings. The van der Waals surface area contributed by atoms with Gasteiger partial charge in [-0.25, -0.2) is 0 Å². The van der Waals surface area contributed by atoms with E-state index in [2.05, 4.69) is 39.8 Å². The highest BCUT2D eigenvalue weighted by Crippen LogP contribution is 2.51. The van der Waals surface area contributed by atoms with Gasteiger partial charge in [-0.15, -0.1) is 0 Å². The maximum Gasteiger partial charge on any atom is 0.323 e. The third-order valence-electron chi connectivity index (χ3n) is 8.36. The van der Waals surface area contributed by atoms with Gasteiger partial charge in [0.1, 0.15) is 22.4 Å². The largest absolute Gasteiger partial charge is 0.496 e. The van der Waals surface area contributed by atoms with E-state index in [1.54, 1.807) is 20.3 Å². The summed E-state index contributed by atoms with van der Waals surface area (Å²) >= 11 is 6.48. The van der Waals surface area contributed by atoms with Gasteiger partial charge in [-0.05, 0) is 81.8 Å². The van der Waals surface area contributed by atoms with E-state index in [4.69, 9.17) is 21.7 Å². The number of carboxylic acid groups (broad SMARTS) is 1. The number of hydrogen-bond donors (Lipinski definition) is 1. The molecular formula is C34H35NO5S2. The summed E-state index contributed by atoms with van der Waals surface area (Å²) in [6.45, 7) is 8.63. The summed E-state index contributed by atoms with van der Waals surface area (Å²) in [7, 11) is 3.31. The molecule has 5 rings (SSSR count). The van der Waals surface area contributed by atoms with Crippen molar-refractivity contribution >= 4 is 46.3 Å². The number of carbonyl (C=O) groups is 2. The molecule has 2 aliphatic rings. The van der Waals surface area contributed by atoms with Crippen LogP contribution >= 0.6 is 24.0 Å². The molecule has 3 aromatic rings. The predicted molar refractivity (Wildman–Crippen MR) is 173 cm³/mol. The molecule has 1 aliphatic carbocycles.